The molecule has 3 aromatic carbocycles. The van der Waals surface area contributed by atoms with E-state index in [1.807, 2.05) is 53.4 Å². The van der Waals surface area contributed by atoms with Crippen LogP contribution in [0.2, 0.25) is 0 Å². The van der Waals surface area contributed by atoms with Gasteiger partial charge in [0, 0.05) is 34.5 Å². The molecule has 4 heteroatoms. The number of rotatable bonds is 9. The number of amides is 1. The Morgan fingerprint density at radius 1 is 0.875 bits per heavy atom. The predicted molar refractivity (Wildman–Crippen MR) is 135 cm³/mol. The van der Waals surface area contributed by atoms with Crippen molar-refractivity contribution in [2.45, 2.75) is 58.7 Å². The second-order valence-electron chi connectivity index (χ2n) is 8.61. The molecule has 1 atom stereocenters. The number of benzene rings is 3. The van der Waals surface area contributed by atoms with Gasteiger partial charge < -0.3 is 9.64 Å². The van der Waals surface area contributed by atoms with Crippen LogP contribution in [0.25, 0.3) is 0 Å². The van der Waals surface area contributed by atoms with Gasteiger partial charge in [0.25, 0.3) is 0 Å². The molecule has 0 radical (unpaired) electrons. The van der Waals surface area contributed by atoms with Crippen LogP contribution in [0.5, 0.6) is 5.75 Å². The van der Waals surface area contributed by atoms with E-state index in [1.165, 1.54) is 0 Å². The van der Waals surface area contributed by atoms with Crippen LogP contribution in [0.1, 0.15) is 56.7 Å². The Hall–Kier alpha value is -2.59. The molecular weight excluding hydrogens is 462 g/mol. The first-order valence-electron chi connectivity index (χ1n) is 11.2. The first-order valence-corrected chi connectivity index (χ1v) is 12.0. The standard InChI is InChI=1S/C28H32BrNO2/c1-20(2)30(21(3)4)28(31)18-25(23-13-9-6-10-14-23)26-17-24(29)15-16-27(26)32-19-22-11-7-5-8-12-22/h5-17,20-21,25H,18-19H2,1-4H3. The van der Waals surface area contributed by atoms with Crippen LogP contribution in [-0.2, 0) is 11.4 Å². The van der Waals surface area contributed by atoms with Gasteiger partial charge in [0.05, 0.1) is 0 Å². The molecule has 0 aromatic heterocycles. The maximum atomic E-state index is 13.4. The highest BCUT2D eigenvalue weighted by molar-refractivity contribution is 9.10. The number of hydrogen-bond donors (Lipinski definition) is 0. The molecule has 0 saturated heterocycles. The van der Waals surface area contributed by atoms with Crippen LogP contribution in [0.4, 0.5) is 0 Å². The molecule has 0 aliphatic heterocycles. The Morgan fingerprint density at radius 2 is 1.47 bits per heavy atom. The van der Waals surface area contributed by atoms with Gasteiger partial charge in [-0.15, -0.1) is 0 Å². The van der Waals surface area contributed by atoms with Crippen LogP contribution in [0.15, 0.2) is 83.3 Å². The highest BCUT2D eigenvalue weighted by Crippen LogP contribution is 2.37. The van der Waals surface area contributed by atoms with Gasteiger partial charge in [0.15, 0.2) is 0 Å². The Kier molecular flexibility index (Phi) is 8.52. The van der Waals surface area contributed by atoms with E-state index < -0.39 is 0 Å². The summed E-state index contributed by atoms with van der Waals surface area (Å²) < 4.78 is 7.24. The third kappa shape index (κ3) is 6.23. The van der Waals surface area contributed by atoms with Crippen LogP contribution in [0, 0.1) is 0 Å². The Labute approximate surface area is 200 Å². The second-order valence-corrected chi connectivity index (χ2v) is 9.53. The van der Waals surface area contributed by atoms with Gasteiger partial charge in [0.1, 0.15) is 12.4 Å². The Balaban J connectivity index is 1.97. The van der Waals surface area contributed by atoms with E-state index in [-0.39, 0.29) is 23.9 Å². The molecule has 1 amide bonds. The largest absolute Gasteiger partial charge is 0.489 e. The van der Waals surface area contributed by atoms with Crippen molar-refractivity contribution in [2.24, 2.45) is 0 Å². The smallest absolute Gasteiger partial charge is 0.223 e. The number of halogens is 1. The topological polar surface area (TPSA) is 29.5 Å². The molecular formula is C28H32BrNO2. The summed E-state index contributed by atoms with van der Waals surface area (Å²) in [6.07, 6.45) is 0.387. The zero-order valence-electron chi connectivity index (χ0n) is 19.3. The molecule has 3 aromatic rings. The molecule has 0 N–H and O–H groups in total. The summed E-state index contributed by atoms with van der Waals surface area (Å²) in [6, 6.07) is 26.7. The zero-order valence-corrected chi connectivity index (χ0v) is 20.9. The lowest BCUT2D eigenvalue weighted by molar-refractivity contribution is -0.135. The van der Waals surface area contributed by atoms with E-state index in [0.29, 0.717) is 13.0 Å². The quantitative estimate of drug-likeness (QED) is 0.315. The van der Waals surface area contributed by atoms with Gasteiger partial charge in [-0.05, 0) is 57.0 Å². The summed E-state index contributed by atoms with van der Waals surface area (Å²) in [6.45, 7) is 8.77. The van der Waals surface area contributed by atoms with Crippen LogP contribution in [0.3, 0.4) is 0 Å². The minimum Gasteiger partial charge on any atom is -0.489 e. The normalized spacial score (nSPS) is 12.1. The van der Waals surface area contributed by atoms with Gasteiger partial charge in [-0.1, -0.05) is 76.6 Å². The lowest BCUT2D eigenvalue weighted by Gasteiger charge is -2.32. The molecule has 0 bridgehead atoms. The van der Waals surface area contributed by atoms with Crippen molar-refractivity contribution in [3.05, 3.63) is 100 Å². The van der Waals surface area contributed by atoms with E-state index >= 15 is 0 Å². The Morgan fingerprint density at radius 3 is 2.06 bits per heavy atom. The second kappa shape index (κ2) is 11.3. The molecule has 168 valence electrons. The van der Waals surface area contributed by atoms with E-state index in [1.54, 1.807) is 0 Å². The molecule has 1 unspecified atom stereocenters. The van der Waals surface area contributed by atoms with Crippen molar-refractivity contribution in [1.82, 2.24) is 4.90 Å². The summed E-state index contributed by atoms with van der Waals surface area (Å²) in [4.78, 5) is 15.4. The third-order valence-electron chi connectivity index (χ3n) is 5.57. The molecule has 0 spiro atoms. The summed E-state index contributed by atoms with van der Waals surface area (Å²) in [5.41, 5.74) is 3.23. The van der Waals surface area contributed by atoms with Gasteiger partial charge >= 0.3 is 0 Å². The molecule has 0 heterocycles. The van der Waals surface area contributed by atoms with Crippen molar-refractivity contribution in [3.8, 4) is 5.75 Å². The fraction of sp³-hybridized carbons (Fsp3) is 0.321. The fourth-order valence-electron chi connectivity index (χ4n) is 4.20. The highest BCUT2D eigenvalue weighted by atomic mass is 79.9. The first-order chi connectivity index (χ1) is 15.4. The number of hydrogen-bond acceptors (Lipinski definition) is 2. The minimum atomic E-state index is -0.105. The lowest BCUT2D eigenvalue weighted by atomic mass is 9.87. The number of ether oxygens (including phenoxy) is 1. The molecule has 0 fully saturated rings. The van der Waals surface area contributed by atoms with Crippen molar-refractivity contribution in [1.29, 1.82) is 0 Å². The highest BCUT2D eigenvalue weighted by Gasteiger charge is 2.27. The number of carbonyl (C=O) groups excluding carboxylic acids is 1. The molecule has 3 rings (SSSR count). The predicted octanol–water partition coefficient (Wildman–Crippen LogP) is 7.20. The monoisotopic (exact) mass is 493 g/mol. The SMILES string of the molecule is CC(C)N(C(=O)CC(c1ccccc1)c1cc(Br)ccc1OCc1ccccc1)C(C)C. The third-order valence-corrected chi connectivity index (χ3v) is 6.06. The van der Waals surface area contributed by atoms with Crippen molar-refractivity contribution >= 4 is 21.8 Å². The average Bonchev–Trinajstić information content (AvgIpc) is 2.77. The maximum absolute atomic E-state index is 13.4. The first kappa shape index (κ1) is 24.1. The van der Waals surface area contributed by atoms with Crippen molar-refractivity contribution in [3.63, 3.8) is 0 Å². The molecule has 0 aliphatic rings. The lowest BCUT2D eigenvalue weighted by Crippen LogP contribution is -2.42. The van der Waals surface area contributed by atoms with Crippen molar-refractivity contribution < 1.29 is 9.53 Å². The van der Waals surface area contributed by atoms with Gasteiger partial charge in [0.2, 0.25) is 5.91 Å². The Bertz CT molecular complexity index is 994. The molecule has 3 nitrogen and oxygen atoms in total. The van der Waals surface area contributed by atoms with E-state index in [0.717, 1.165) is 26.9 Å². The number of carbonyl (C=O) groups is 1. The minimum absolute atomic E-state index is 0.105. The molecule has 0 aliphatic carbocycles. The summed E-state index contributed by atoms with van der Waals surface area (Å²) in [7, 11) is 0. The van der Waals surface area contributed by atoms with Crippen LogP contribution >= 0.6 is 15.9 Å². The summed E-state index contributed by atoms with van der Waals surface area (Å²) in [5.74, 6) is 0.851. The molecule has 32 heavy (non-hydrogen) atoms. The molecule has 0 saturated carbocycles. The fourth-order valence-corrected chi connectivity index (χ4v) is 4.58. The summed E-state index contributed by atoms with van der Waals surface area (Å²) >= 11 is 3.62. The summed E-state index contributed by atoms with van der Waals surface area (Å²) in [5, 5.41) is 0. The van der Waals surface area contributed by atoms with Crippen LogP contribution < -0.4 is 4.74 Å². The zero-order chi connectivity index (χ0) is 23.1. The number of nitrogens with zero attached hydrogens (tertiary/aromatic N) is 1. The van der Waals surface area contributed by atoms with Gasteiger partial charge in [-0.3, -0.25) is 4.79 Å². The van der Waals surface area contributed by atoms with E-state index in [2.05, 4.69) is 74.0 Å². The average molecular weight is 494 g/mol. The maximum Gasteiger partial charge on any atom is 0.223 e. The van der Waals surface area contributed by atoms with Gasteiger partial charge in [-0.2, -0.15) is 0 Å². The van der Waals surface area contributed by atoms with Crippen LogP contribution in [-0.4, -0.2) is 22.9 Å². The van der Waals surface area contributed by atoms with E-state index in [9.17, 15) is 4.79 Å². The van der Waals surface area contributed by atoms with Gasteiger partial charge in [-0.25, -0.2) is 0 Å². The van der Waals surface area contributed by atoms with E-state index in [4.69, 9.17) is 4.74 Å². The van der Waals surface area contributed by atoms with Crippen molar-refractivity contribution in [2.75, 3.05) is 0 Å².